The van der Waals surface area contributed by atoms with Gasteiger partial charge in [0.15, 0.2) is 0 Å². The maximum Gasteiger partial charge on any atom is -0.0197 e. The lowest BCUT2D eigenvalue weighted by Crippen LogP contribution is -1.96. The Morgan fingerprint density at radius 1 is 1.62 bits per heavy atom. The molecule has 1 atom stereocenters. The molecule has 0 bridgehead atoms. The van der Waals surface area contributed by atoms with Crippen molar-refractivity contribution in [2.75, 3.05) is 0 Å². The number of hydrogen-bond acceptors (Lipinski definition) is 0. The van der Waals surface area contributed by atoms with Gasteiger partial charge in [-0.25, -0.2) is 0 Å². The average Bonchev–Trinajstić information content (AvgIpc) is 1.77. The second-order valence-corrected chi connectivity index (χ2v) is 2.48. The molecule has 0 aromatic rings. The maximum atomic E-state index is 2.26. The van der Waals surface area contributed by atoms with Gasteiger partial charge in [-0.1, -0.05) is 30.7 Å². The second-order valence-electron chi connectivity index (χ2n) is 2.48. The van der Waals surface area contributed by atoms with E-state index in [1.807, 2.05) is 0 Å². The van der Waals surface area contributed by atoms with Crippen LogP contribution in [0.5, 0.6) is 0 Å². The van der Waals surface area contributed by atoms with Crippen LogP contribution in [0.15, 0.2) is 23.8 Å². The van der Waals surface area contributed by atoms with E-state index in [1.54, 1.807) is 0 Å². The molecule has 0 unspecified atom stereocenters. The SMILES string of the molecule is CC1=CC=CC[C@@H]1C. The van der Waals surface area contributed by atoms with Gasteiger partial charge >= 0.3 is 0 Å². The van der Waals surface area contributed by atoms with Crippen molar-refractivity contribution in [3.05, 3.63) is 23.8 Å². The molecule has 0 amide bonds. The zero-order chi connectivity index (χ0) is 5.98. The van der Waals surface area contributed by atoms with Gasteiger partial charge in [-0.15, -0.1) is 0 Å². The standard InChI is InChI=1S/C8H12/c1-7-5-3-4-6-8(7)2/h3-5,8H,6H2,1-2H3/t8-/m0/s1. The van der Waals surface area contributed by atoms with Crippen LogP contribution < -0.4 is 0 Å². The van der Waals surface area contributed by atoms with E-state index in [2.05, 4.69) is 32.1 Å². The Morgan fingerprint density at radius 3 is 2.75 bits per heavy atom. The highest BCUT2D eigenvalue weighted by atomic mass is 14.1. The van der Waals surface area contributed by atoms with Crippen LogP contribution in [0.25, 0.3) is 0 Å². The third kappa shape index (κ3) is 1.00. The zero-order valence-electron chi connectivity index (χ0n) is 5.52. The van der Waals surface area contributed by atoms with Crippen molar-refractivity contribution in [2.45, 2.75) is 20.3 Å². The largest absolute Gasteiger partial charge is 0.0840 e. The second kappa shape index (κ2) is 2.17. The molecule has 0 aromatic heterocycles. The van der Waals surface area contributed by atoms with E-state index < -0.39 is 0 Å². The molecule has 0 N–H and O–H groups in total. The summed E-state index contributed by atoms with van der Waals surface area (Å²) in [6.07, 6.45) is 7.77. The van der Waals surface area contributed by atoms with E-state index in [0.717, 1.165) is 5.92 Å². The van der Waals surface area contributed by atoms with Gasteiger partial charge in [-0.05, 0) is 19.3 Å². The van der Waals surface area contributed by atoms with Crippen molar-refractivity contribution in [3.8, 4) is 0 Å². The molecule has 1 rings (SSSR count). The van der Waals surface area contributed by atoms with Gasteiger partial charge in [0.25, 0.3) is 0 Å². The molecule has 1 aliphatic rings. The Hall–Kier alpha value is -0.520. The van der Waals surface area contributed by atoms with Crippen molar-refractivity contribution in [1.29, 1.82) is 0 Å². The Balaban J connectivity index is 2.66. The summed E-state index contributed by atoms with van der Waals surface area (Å²) in [5.74, 6) is 0.778. The van der Waals surface area contributed by atoms with Crippen molar-refractivity contribution in [3.63, 3.8) is 0 Å². The van der Waals surface area contributed by atoms with Crippen molar-refractivity contribution >= 4 is 0 Å². The summed E-state index contributed by atoms with van der Waals surface area (Å²) in [6, 6.07) is 0. The summed E-state index contributed by atoms with van der Waals surface area (Å²) in [6.45, 7) is 4.45. The molecule has 0 heteroatoms. The quantitative estimate of drug-likeness (QED) is 0.447. The van der Waals surface area contributed by atoms with E-state index in [4.69, 9.17) is 0 Å². The van der Waals surface area contributed by atoms with E-state index in [9.17, 15) is 0 Å². The number of rotatable bonds is 0. The highest BCUT2D eigenvalue weighted by molar-refractivity contribution is 5.17. The van der Waals surface area contributed by atoms with Crippen LogP contribution in [-0.4, -0.2) is 0 Å². The minimum absolute atomic E-state index is 0.778. The summed E-state index contributed by atoms with van der Waals surface area (Å²) in [7, 11) is 0. The predicted octanol–water partition coefficient (Wildman–Crippen LogP) is 2.53. The first-order chi connectivity index (χ1) is 3.80. The highest BCUT2D eigenvalue weighted by Crippen LogP contribution is 2.17. The Kier molecular flexibility index (Phi) is 1.52. The van der Waals surface area contributed by atoms with Crippen molar-refractivity contribution < 1.29 is 0 Å². The lowest BCUT2D eigenvalue weighted by atomic mass is 9.95. The highest BCUT2D eigenvalue weighted by Gasteiger charge is 2.02. The first-order valence-corrected chi connectivity index (χ1v) is 3.14. The lowest BCUT2D eigenvalue weighted by molar-refractivity contribution is 0.687. The first-order valence-electron chi connectivity index (χ1n) is 3.14. The lowest BCUT2D eigenvalue weighted by Gasteiger charge is -2.11. The molecule has 0 saturated heterocycles. The molecule has 44 valence electrons. The maximum absolute atomic E-state index is 2.26. The fourth-order valence-electron chi connectivity index (χ4n) is 0.853. The fraction of sp³-hybridized carbons (Fsp3) is 0.500. The molecule has 8 heavy (non-hydrogen) atoms. The van der Waals surface area contributed by atoms with Gasteiger partial charge in [0, 0.05) is 0 Å². The fourth-order valence-corrected chi connectivity index (χ4v) is 0.853. The van der Waals surface area contributed by atoms with Crippen LogP contribution in [0, 0.1) is 5.92 Å². The summed E-state index contributed by atoms with van der Waals surface area (Å²) < 4.78 is 0. The van der Waals surface area contributed by atoms with Crippen molar-refractivity contribution in [2.24, 2.45) is 5.92 Å². The molecule has 1 aliphatic carbocycles. The average molecular weight is 108 g/mol. The summed E-state index contributed by atoms with van der Waals surface area (Å²) >= 11 is 0. The van der Waals surface area contributed by atoms with Crippen LogP contribution in [0.4, 0.5) is 0 Å². The van der Waals surface area contributed by atoms with Crippen LogP contribution in [0.2, 0.25) is 0 Å². The number of allylic oxidation sites excluding steroid dienone is 4. The molecule has 0 spiro atoms. The minimum atomic E-state index is 0.778. The molecular weight excluding hydrogens is 96.1 g/mol. The van der Waals surface area contributed by atoms with Crippen LogP contribution in [-0.2, 0) is 0 Å². The third-order valence-electron chi connectivity index (χ3n) is 1.76. The third-order valence-corrected chi connectivity index (χ3v) is 1.76. The van der Waals surface area contributed by atoms with Gasteiger partial charge in [0.1, 0.15) is 0 Å². The van der Waals surface area contributed by atoms with Crippen LogP contribution >= 0.6 is 0 Å². The van der Waals surface area contributed by atoms with Gasteiger partial charge < -0.3 is 0 Å². The van der Waals surface area contributed by atoms with E-state index in [-0.39, 0.29) is 0 Å². The molecule has 0 aliphatic heterocycles. The van der Waals surface area contributed by atoms with Gasteiger partial charge in [-0.2, -0.15) is 0 Å². The smallest absolute Gasteiger partial charge is 0.0197 e. The van der Waals surface area contributed by atoms with Crippen LogP contribution in [0.3, 0.4) is 0 Å². The summed E-state index contributed by atoms with van der Waals surface area (Å²) in [5.41, 5.74) is 1.51. The van der Waals surface area contributed by atoms with Gasteiger partial charge in [-0.3, -0.25) is 0 Å². The molecule has 0 radical (unpaired) electrons. The van der Waals surface area contributed by atoms with Gasteiger partial charge in [0.2, 0.25) is 0 Å². The van der Waals surface area contributed by atoms with Crippen molar-refractivity contribution in [1.82, 2.24) is 0 Å². The summed E-state index contributed by atoms with van der Waals surface area (Å²) in [4.78, 5) is 0. The molecule has 0 fully saturated rings. The van der Waals surface area contributed by atoms with E-state index >= 15 is 0 Å². The van der Waals surface area contributed by atoms with E-state index in [1.165, 1.54) is 12.0 Å². The molecular formula is C8H12. The first kappa shape index (κ1) is 5.61. The number of hydrogen-bond donors (Lipinski definition) is 0. The topological polar surface area (TPSA) is 0 Å². The zero-order valence-corrected chi connectivity index (χ0v) is 5.52. The Bertz CT molecular complexity index is 129. The van der Waals surface area contributed by atoms with Crippen LogP contribution in [0.1, 0.15) is 20.3 Å². The normalized spacial score (nSPS) is 27.8. The summed E-state index contributed by atoms with van der Waals surface area (Å²) in [5, 5.41) is 0. The monoisotopic (exact) mass is 108 g/mol. The Labute approximate surface area is 50.9 Å². The minimum Gasteiger partial charge on any atom is -0.0840 e. The Morgan fingerprint density at radius 2 is 2.38 bits per heavy atom. The molecule has 0 saturated carbocycles. The molecule has 0 aromatic carbocycles. The van der Waals surface area contributed by atoms with Gasteiger partial charge in [0.05, 0.1) is 0 Å². The molecule has 0 nitrogen and oxygen atoms in total. The van der Waals surface area contributed by atoms with E-state index in [0.29, 0.717) is 0 Å². The molecule has 0 heterocycles. The predicted molar refractivity (Wildman–Crippen MR) is 36.7 cm³/mol.